The third kappa shape index (κ3) is 3.80. The first-order valence-electron chi connectivity index (χ1n) is 8.61. The van der Waals surface area contributed by atoms with Gasteiger partial charge in [0.25, 0.3) is 5.91 Å². The molecule has 4 rings (SSSR count). The van der Waals surface area contributed by atoms with Crippen LogP contribution in [-0.4, -0.2) is 20.8 Å². The van der Waals surface area contributed by atoms with Gasteiger partial charge in [0.05, 0.1) is 12.2 Å². The molecule has 0 aliphatic carbocycles. The van der Waals surface area contributed by atoms with Gasteiger partial charge in [-0.2, -0.15) is 5.10 Å². The van der Waals surface area contributed by atoms with Gasteiger partial charge in [-0.1, -0.05) is 54.1 Å². The van der Waals surface area contributed by atoms with E-state index < -0.39 is 0 Å². The van der Waals surface area contributed by atoms with Crippen molar-refractivity contribution < 1.29 is 4.79 Å². The smallest absolute Gasteiger partial charge is 0.273 e. The van der Waals surface area contributed by atoms with Crippen molar-refractivity contribution >= 4 is 29.3 Å². The highest BCUT2D eigenvalue weighted by Gasteiger charge is 2.21. The van der Waals surface area contributed by atoms with E-state index in [-0.39, 0.29) is 5.91 Å². The summed E-state index contributed by atoms with van der Waals surface area (Å²) < 4.78 is 1.89. The predicted molar refractivity (Wildman–Crippen MR) is 110 cm³/mol. The Hall–Kier alpha value is -3.25. The highest BCUT2D eigenvalue weighted by Crippen LogP contribution is 2.25. The normalized spacial score (nSPS) is 15.1. The lowest BCUT2D eigenvalue weighted by atomic mass is 10.1. The van der Waals surface area contributed by atoms with Crippen molar-refractivity contribution in [3.8, 4) is 11.3 Å². The monoisotopic (exact) mass is 374 g/mol. The molecule has 1 aliphatic heterocycles. The highest BCUT2D eigenvalue weighted by atomic mass is 32.1. The summed E-state index contributed by atoms with van der Waals surface area (Å²) in [5.74, 6) is -0.231. The number of hydrogen-bond acceptors (Lipinski definition) is 3. The van der Waals surface area contributed by atoms with E-state index in [0.717, 1.165) is 27.9 Å². The largest absolute Gasteiger partial charge is 0.328 e. The first-order chi connectivity index (χ1) is 13.1. The number of aromatic nitrogens is 2. The van der Waals surface area contributed by atoms with E-state index in [4.69, 9.17) is 17.3 Å². The Balaban J connectivity index is 1.77. The number of hydrogen-bond donors (Lipinski definition) is 2. The minimum Gasteiger partial charge on any atom is -0.328 e. The van der Waals surface area contributed by atoms with Crippen LogP contribution in [0.15, 0.2) is 66.5 Å². The summed E-state index contributed by atoms with van der Waals surface area (Å²) in [6, 6.07) is 18.3. The van der Waals surface area contributed by atoms with Crippen molar-refractivity contribution in [1.29, 1.82) is 0 Å². The summed E-state index contributed by atoms with van der Waals surface area (Å²) >= 11 is 5.02. The van der Waals surface area contributed by atoms with E-state index in [1.54, 1.807) is 6.08 Å². The molecule has 2 N–H and O–H groups in total. The van der Waals surface area contributed by atoms with Crippen LogP contribution in [0.2, 0.25) is 0 Å². The molecule has 6 heteroatoms. The Morgan fingerprint density at radius 3 is 2.63 bits per heavy atom. The fourth-order valence-corrected chi connectivity index (χ4v) is 3.25. The second kappa shape index (κ2) is 7.17. The molecule has 0 radical (unpaired) electrons. The molecule has 0 atom stereocenters. The van der Waals surface area contributed by atoms with Crippen molar-refractivity contribution in [2.45, 2.75) is 13.5 Å². The van der Waals surface area contributed by atoms with Gasteiger partial charge in [0.2, 0.25) is 0 Å². The average molecular weight is 374 g/mol. The van der Waals surface area contributed by atoms with Gasteiger partial charge in [0.1, 0.15) is 5.70 Å². The zero-order chi connectivity index (χ0) is 18.8. The van der Waals surface area contributed by atoms with E-state index in [1.807, 2.05) is 54.2 Å². The average Bonchev–Trinajstić information content (AvgIpc) is 3.18. The molecule has 0 bridgehead atoms. The number of nitrogens with zero attached hydrogens (tertiary/aromatic N) is 2. The molecule has 27 heavy (non-hydrogen) atoms. The van der Waals surface area contributed by atoms with E-state index >= 15 is 0 Å². The maximum Gasteiger partial charge on any atom is 0.273 e. The van der Waals surface area contributed by atoms with Gasteiger partial charge in [-0.25, -0.2) is 0 Å². The van der Waals surface area contributed by atoms with Crippen LogP contribution in [0.25, 0.3) is 17.3 Å². The summed E-state index contributed by atoms with van der Waals surface area (Å²) in [6.07, 6.45) is 3.74. The van der Waals surface area contributed by atoms with Crippen molar-refractivity contribution in [3.05, 3.63) is 83.2 Å². The van der Waals surface area contributed by atoms with Gasteiger partial charge in [-0.15, -0.1) is 0 Å². The molecule has 1 aromatic heterocycles. The standard InChI is InChI=1S/C21H18N4OS/c1-14-6-5-9-16(10-14)19-17(11-18-20(26)23-21(27)22-18)13-25(24-19)12-15-7-3-2-4-8-15/h2-11,13H,12H2,1H3,(H2,22,23,26,27)/b18-11-. The van der Waals surface area contributed by atoms with Gasteiger partial charge >= 0.3 is 0 Å². The quantitative estimate of drug-likeness (QED) is 0.544. The highest BCUT2D eigenvalue weighted by molar-refractivity contribution is 7.80. The van der Waals surface area contributed by atoms with Gasteiger partial charge in [-0.05, 0) is 36.8 Å². The lowest BCUT2D eigenvalue weighted by Crippen LogP contribution is -2.21. The van der Waals surface area contributed by atoms with Crippen LogP contribution in [0.5, 0.6) is 0 Å². The third-order valence-electron chi connectivity index (χ3n) is 4.29. The molecular weight excluding hydrogens is 356 g/mol. The van der Waals surface area contributed by atoms with Crippen molar-refractivity contribution in [2.75, 3.05) is 0 Å². The molecule has 2 heterocycles. The molecule has 0 saturated carbocycles. The molecule has 5 nitrogen and oxygen atoms in total. The summed E-state index contributed by atoms with van der Waals surface area (Å²) in [7, 11) is 0. The van der Waals surface area contributed by atoms with Crippen molar-refractivity contribution in [3.63, 3.8) is 0 Å². The SMILES string of the molecule is Cc1cccc(-c2nn(Cc3ccccc3)cc2/C=C2\NC(=S)NC2=O)c1. The molecule has 3 aromatic rings. The molecule has 0 spiro atoms. The first-order valence-corrected chi connectivity index (χ1v) is 9.02. The van der Waals surface area contributed by atoms with Gasteiger partial charge < -0.3 is 5.32 Å². The number of rotatable bonds is 4. The zero-order valence-corrected chi connectivity index (χ0v) is 15.6. The number of aryl methyl sites for hydroxylation is 1. The van der Waals surface area contributed by atoms with Gasteiger partial charge in [0.15, 0.2) is 5.11 Å². The molecule has 1 amide bonds. The van der Waals surface area contributed by atoms with E-state index in [0.29, 0.717) is 17.4 Å². The fourth-order valence-electron chi connectivity index (χ4n) is 3.05. The summed E-state index contributed by atoms with van der Waals surface area (Å²) in [5, 5.41) is 10.6. The molecule has 1 saturated heterocycles. The number of amides is 1. The van der Waals surface area contributed by atoms with Crippen molar-refractivity contribution in [1.82, 2.24) is 20.4 Å². The lowest BCUT2D eigenvalue weighted by molar-refractivity contribution is -0.115. The Bertz CT molecular complexity index is 1050. The summed E-state index contributed by atoms with van der Waals surface area (Å²) in [6.45, 7) is 2.70. The minimum atomic E-state index is -0.231. The van der Waals surface area contributed by atoms with Crippen LogP contribution >= 0.6 is 12.2 Å². The third-order valence-corrected chi connectivity index (χ3v) is 4.49. The molecule has 134 valence electrons. The summed E-state index contributed by atoms with van der Waals surface area (Å²) in [4.78, 5) is 12.0. The number of nitrogens with one attached hydrogen (secondary N) is 2. The van der Waals surface area contributed by atoms with E-state index in [1.165, 1.54) is 0 Å². The van der Waals surface area contributed by atoms with Crippen LogP contribution in [0.3, 0.4) is 0 Å². The molecule has 2 aromatic carbocycles. The second-order valence-corrected chi connectivity index (χ2v) is 6.86. The number of carbonyl (C=O) groups is 1. The Morgan fingerprint density at radius 1 is 1.11 bits per heavy atom. The second-order valence-electron chi connectivity index (χ2n) is 6.45. The first kappa shape index (κ1) is 17.2. The van der Waals surface area contributed by atoms with E-state index in [2.05, 4.69) is 28.8 Å². The number of thiocarbonyl (C=S) groups is 1. The van der Waals surface area contributed by atoms with Crippen LogP contribution in [0.1, 0.15) is 16.7 Å². The lowest BCUT2D eigenvalue weighted by Gasteiger charge is -2.02. The maximum atomic E-state index is 12.0. The van der Waals surface area contributed by atoms with E-state index in [9.17, 15) is 4.79 Å². The van der Waals surface area contributed by atoms with Crippen molar-refractivity contribution in [2.24, 2.45) is 0 Å². The topological polar surface area (TPSA) is 59.0 Å². The molecule has 1 fully saturated rings. The summed E-state index contributed by atoms with van der Waals surface area (Å²) in [5.41, 5.74) is 5.44. The maximum absolute atomic E-state index is 12.0. The molecule has 1 aliphatic rings. The van der Waals surface area contributed by atoms with Crippen LogP contribution < -0.4 is 10.6 Å². The zero-order valence-electron chi connectivity index (χ0n) is 14.8. The van der Waals surface area contributed by atoms with Gasteiger partial charge in [0, 0.05) is 17.3 Å². The van der Waals surface area contributed by atoms with Crippen LogP contribution in [0.4, 0.5) is 0 Å². The Labute approximate surface area is 162 Å². The van der Waals surface area contributed by atoms with Gasteiger partial charge in [-0.3, -0.25) is 14.8 Å². The fraction of sp³-hybridized carbons (Fsp3) is 0.0952. The molecule has 0 unspecified atom stereocenters. The van der Waals surface area contributed by atoms with Crippen LogP contribution in [-0.2, 0) is 11.3 Å². The Kier molecular flexibility index (Phi) is 4.56. The number of benzene rings is 2. The molecular formula is C21H18N4OS. The Morgan fingerprint density at radius 2 is 1.93 bits per heavy atom. The number of carbonyl (C=O) groups excluding carboxylic acids is 1. The minimum absolute atomic E-state index is 0.231. The van der Waals surface area contributed by atoms with Crippen LogP contribution in [0, 0.1) is 6.92 Å². The predicted octanol–water partition coefficient (Wildman–Crippen LogP) is 3.25.